The number of carbonyl (C=O) groups is 1. The van der Waals surface area contributed by atoms with Crippen molar-refractivity contribution >= 4 is 16.8 Å². The van der Waals surface area contributed by atoms with E-state index in [9.17, 15) is 4.79 Å². The van der Waals surface area contributed by atoms with E-state index in [2.05, 4.69) is 10.3 Å². The van der Waals surface area contributed by atoms with E-state index in [0.29, 0.717) is 5.56 Å². The third-order valence-electron chi connectivity index (χ3n) is 3.60. The number of fused-ring (bicyclic) bond motifs is 1. The van der Waals surface area contributed by atoms with Gasteiger partial charge in [-0.25, -0.2) is 4.98 Å². The second kappa shape index (κ2) is 6.16. The second-order valence-electron chi connectivity index (χ2n) is 5.94. The van der Waals surface area contributed by atoms with Crippen LogP contribution in [-0.4, -0.2) is 21.9 Å². The molecule has 0 aliphatic heterocycles. The molecule has 1 amide bonds. The van der Waals surface area contributed by atoms with Gasteiger partial charge in [-0.3, -0.25) is 9.78 Å². The Bertz CT molecular complexity index is 857. The summed E-state index contributed by atoms with van der Waals surface area (Å²) in [7, 11) is 0. The Morgan fingerprint density at radius 2 is 1.83 bits per heavy atom. The molecule has 23 heavy (non-hydrogen) atoms. The maximum Gasteiger partial charge on any atom is 0.252 e. The molecule has 1 aromatic carbocycles. The first kappa shape index (κ1) is 15.2. The average molecular weight is 305 g/mol. The lowest BCUT2D eigenvalue weighted by Gasteiger charge is -2.13. The minimum Gasteiger partial charge on any atom is -0.350 e. The van der Waals surface area contributed by atoms with Gasteiger partial charge in [0.15, 0.2) is 0 Å². The minimum atomic E-state index is -0.0756. The molecular formula is C19H19N3O. The molecule has 0 unspecified atom stereocenters. The van der Waals surface area contributed by atoms with Crippen LogP contribution in [0.15, 0.2) is 48.8 Å². The summed E-state index contributed by atoms with van der Waals surface area (Å²) in [5.41, 5.74) is 4.30. The lowest BCUT2D eigenvalue weighted by atomic mass is 10.0. The Hall–Kier alpha value is -2.75. The molecule has 4 heteroatoms. The fourth-order valence-corrected chi connectivity index (χ4v) is 2.54. The van der Waals surface area contributed by atoms with E-state index in [1.165, 1.54) is 0 Å². The molecule has 0 bridgehead atoms. The first-order valence-corrected chi connectivity index (χ1v) is 7.67. The fraction of sp³-hybridized carbons (Fsp3) is 0.211. The van der Waals surface area contributed by atoms with E-state index >= 15 is 0 Å². The number of aromatic nitrogens is 2. The van der Waals surface area contributed by atoms with Gasteiger partial charge in [0.25, 0.3) is 5.91 Å². The van der Waals surface area contributed by atoms with Crippen molar-refractivity contribution in [1.29, 1.82) is 0 Å². The van der Waals surface area contributed by atoms with Crippen molar-refractivity contribution in [3.05, 3.63) is 59.9 Å². The maximum absolute atomic E-state index is 12.6. The van der Waals surface area contributed by atoms with Crippen molar-refractivity contribution < 1.29 is 4.79 Å². The molecular weight excluding hydrogens is 286 g/mol. The normalized spacial score (nSPS) is 11.0. The number of rotatable bonds is 3. The number of pyridine rings is 2. The predicted octanol–water partition coefficient (Wildman–Crippen LogP) is 3.74. The summed E-state index contributed by atoms with van der Waals surface area (Å²) in [6.07, 6.45) is 3.45. The highest BCUT2D eigenvalue weighted by atomic mass is 16.1. The van der Waals surface area contributed by atoms with E-state index < -0.39 is 0 Å². The van der Waals surface area contributed by atoms with Crippen molar-refractivity contribution in [2.24, 2.45) is 0 Å². The summed E-state index contributed by atoms with van der Waals surface area (Å²) in [6.45, 7) is 5.92. The molecule has 116 valence electrons. The van der Waals surface area contributed by atoms with E-state index in [-0.39, 0.29) is 11.9 Å². The van der Waals surface area contributed by atoms with Crippen LogP contribution in [0, 0.1) is 6.92 Å². The minimum absolute atomic E-state index is 0.0756. The van der Waals surface area contributed by atoms with Gasteiger partial charge in [-0.1, -0.05) is 11.6 Å². The van der Waals surface area contributed by atoms with E-state index in [1.54, 1.807) is 12.4 Å². The molecule has 0 radical (unpaired) electrons. The van der Waals surface area contributed by atoms with E-state index in [0.717, 1.165) is 27.7 Å². The third kappa shape index (κ3) is 3.21. The molecule has 1 N–H and O–H groups in total. The van der Waals surface area contributed by atoms with E-state index in [1.807, 2.05) is 57.2 Å². The van der Waals surface area contributed by atoms with Crippen LogP contribution in [0.4, 0.5) is 0 Å². The zero-order valence-corrected chi connectivity index (χ0v) is 13.5. The average Bonchev–Trinajstić information content (AvgIpc) is 2.54. The highest BCUT2D eigenvalue weighted by Crippen LogP contribution is 2.25. The molecule has 0 aliphatic carbocycles. The highest BCUT2D eigenvalue weighted by molar-refractivity contribution is 6.07. The summed E-state index contributed by atoms with van der Waals surface area (Å²) in [5.74, 6) is -0.0756. The first-order valence-electron chi connectivity index (χ1n) is 7.67. The fourth-order valence-electron chi connectivity index (χ4n) is 2.54. The number of aryl methyl sites for hydroxylation is 1. The summed E-state index contributed by atoms with van der Waals surface area (Å²) in [4.78, 5) is 21.3. The molecule has 0 saturated heterocycles. The third-order valence-corrected chi connectivity index (χ3v) is 3.60. The number of nitrogens with one attached hydrogen (secondary N) is 1. The molecule has 3 aromatic rings. The van der Waals surface area contributed by atoms with Crippen molar-refractivity contribution in [3.63, 3.8) is 0 Å². The van der Waals surface area contributed by atoms with Crippen LogP contribution >= 0.6 is 0 Å². The van der Waals surface area contributed by atoms with Crippen LogP contribution in [0.1, 0.15) is 29.8 Å². The summed E-state index contributed by atoms with van der Waals surface area (Å²) < 4.78 is 0. The number of benzene rings is 1. The number of nitrogens with zero attached hydrogens (tertiary/aromatic N) is 2. The Balaban J connectivity index is 2.22. The smallest absolute Gasteiger partial charge is 0.252 e. The molecule has 2 heterocycles. The van der Waals surface area contributed by atoms with Crippen molar-refractivity contribution in [1.82, 2.24) is 15.3 Å². The largest absolute Gasteiger partial charge is 0.350 e. The number of hydrogen-bond acceptors (Lipinski definition) is 3. The number of hydrogen-bond donors (Lipinski definition) is 1. The molecule has 0 saturated carbocycles. The molecule has 3 rings (SSSR count). The van der Waals surface area contributed by atoms with Gasteiger partial charge in [0.2, 0.25) is 0 Å². The van der Waals surface area contributed by atoms with Crippen LogP contribution in [0.3, 0.4) is 0 Å². The number of amides is 1. The summed E-state index contributed by atoms with van der Waals surface area (Å²) in [6, 6.07) is 11.7. The molecule has 0 fully saturated rings. The highest BCUT2D eigenvalue weighted by Gasteiger charge is 2.14. The van der Waals surface area contributed by atoms with Crippen LogP contribution in [0.2, 0.25) is 0 Å². The zero-order chi connectivity index (χ0) is 16.4. The van der Waals surface area contributed by atoms with Gasteiger partial charge in [0, 0.05) is 29.4 Å². The maximum atomic E-state index is 12.6. The topological polar surface area (TPSA) is 54.9 Å². The van der Waals surface area contributed by atoms with Crippen LogP contribution in [0.25, 0.3) is 22.2 Å². The van der Waals surface area contributed by atoms with Gasteiger partial charge < -0.3 is 5.32 Å². The molecule has 0 atom stereocenters. The van der Waals surface area contributed by atoms with Crippen LogP contribution in [0.5, 0.6) is 0 Å². The monoisotopic (exact) mass is 305 g/mol. The van der Waals surface area contributed by atoms with Gasteiger partial charge in [-0.2, -0.15) is 0 Å². The predicted molar refractivity (Wildman–Crippen MR) is 92.3 cm³/mol. The van der Waals surface area contributed by atoms with Crippen molar-refractivity contribution in [2.75, 3.05) is 0 Å². The number of carbonyl (C=O) groups excluding carboxylic acids is 1. The molecule has 0 aliphatic rings. The van der Waals surface area contributed by atoms with Crippen molar-refractivity contribution in [3.8, 4) is 11.3 Å². The standard InChI is InChI=1S/C19H19N3O/c1-12(2)21-19(23)16-11-18(14-6-8-20-9-7-14)22-17-5-4-13(3)10-15(16)17/h4-12H,1-3H3,(H,21,23). The second-order valence-corrected chi connectivity index (χ2v) is 5.94. The van der Waals surface area contributed by atoms with Gasteiger partial charge in [-0.05, 0) is 51.1 Å². The van der Waals surface area contributed by atoms with E-state index in [4.69, 9.17) is 4.98 Å². The lowest BCUT2D eigenvalue weighted by Crippen LogP contribution is -2.30. The molecule has 4 nitrogen and oxygen atoms in total. The van der Waals surface area contributed by atoms with Gasteiger partial charge in [0.1, 0.15) is 0 Å². The van der Waals surface area contributed by atoms with Crippen LogP contribution < -0.4 is 5.32 Å². The molecule has 0 spiro atoms. The Kier molecular flexibility index (Phi) is 4.06. The Labute approximate surface area is 135 Å². The van der Waals surface area contributed by atoms with Crippen molar-refractivity contribution in [2.45, 2.75) is 26.8 Å². The Morgan fingerprint density at radius 1 is 1.09 bits per heavy atom. The van der Waals surface area contributed by atoms with Gasteiger partial charge >= 0.3 is 0 Å². The van der Waals surface area contributed by atoms with Crippen LogP contribution in [-0.2, 0) is 0 Å². The first-order chi connectivity index (χ1) is 11.0. The Morgan fingerprint density at radius 3 is 2.52 bits per heavy atom. The summed E-state index contributed by atoms with van der Waals surface area (Å²) >= 11 is 0. The summed E-state index contributed by atoms with van der Waals surface area (Å²) in [5, 5.41) is 3.85. The zero-order valence-electron chi connectivity index (χ0n) is 13.5. The quantitative estimate of drug-likeness (QED) is 0.802. The lowest BCUT2D eigenvalue weighted by molar-refractivity contribution is 0.0945. The van der Waals surface area contributed by atoms with Gasteiger partial charge in [-0.15, -0.1) is 0 Å². The SMILES string of the molecule is Cc1ccc2nc(-c3ccncc3)cc(C(=O)NC(C)C)c2c1. The molecule has 2 aromatic heterocycles. The van der Waals surface area contributed by atoms with Gasteiger partial charge in [0.05, 0.1) is 16.8 Å².